The zero-order valence-electron chi connectivity index (χ0n) is 8.07. The fourth-order valence-corrected chi connectivity index (χ4v) is 1.18. The van der Waals surface area contributed by atoms with Crippen LogP contribution in [0, 0.1) is 0 Å². The molecule has 0 spiro atoms. The third-order valence-electron chi connectivity index (χ3n) is 1.75. The smallest absolute Gasteiger partial charge is 0.382 e. The van der Waals surface area contributed by atoms with Crippen LogP contribution in [0.3, 0.4) is 0 Å². The van der Waals surface area contributed by atoms with Gasteiger partial charge in [-0.05, 0) is 6.42 Å². The molecular formula is C8H9ClF3N3O. The van der Waals surface area contributed by atoms with Gasteiger partial charge in [0, 0.05) is 13.0 Å². The van der Waals surface area contributed by atoms with E-state index in [9.17, 15) is 18.0 Å². The average Bonchev–Trinajstić information content (AvgIpc) is 2.17. The lowest BCUT2D eigenvalue weighted by Gasteiger charge is -2.08. The molecule has 0 aliphatic carbocycles. The van der Waals surface area contributed by atoms with Crippen molar-refractivity contribution in [2.75, 3.05) is 11.9 Å². The van der Waals surface area contributed by atoms with Crippen molar-refractivity contribution < 1.29 is 13.2 Å². The Morgan fingerprint density at radius 3 is 2.81 bits per heavy atom. The molecule has 0 aliphatic rings. The third kappa shape index (κ3) is 4.09. The molecule has 90 valence electrons. The van der Waals surface area contributed by atoms with Crippen molar-refractivity contribution in [1.29, 1.82) is 0 Å². The fourth-order valence-electron chi connectivity index (χ4n) is 1.02. The number of nitrogens with one attached hydrogen (secondary N) is 2. The maximum Gasteiger partial charge on any atom is 0.389 e. The molecule has 0 unspecified atom stereocenters. The summed E-state index contributed by atoms with van der Waals surface area (Å²) < 4.78 is 35.4. The molecule has 1 aromatic heterocycles. The third-order valence-corrected chi connectivity index (χ3v) is 2.12. The van der Waals surface area contributed by atoms with Crippen LogP contribution in [0.1, 0.15) is 12.8 Å². The Labute approximate surface area is 93.8 Å². The summed E-state index contributed by atoms with van der Waals surface area (Å²) in [4.78, 5) is 11.0. The van der Waals surface area contributed by atoms with Crippen molar-refractivity contribution in [2.24, 2.45) is 0 Å². The van der Waals surface area contributed by atoms with Crippen molar-refractivity contribution in [3.63, 3.8) is 0 Å². The maximum absolute atomic E-state index is 11.8. The molecular weight excluding hydrogens is 247 g/mol. The lowest BCUT2D eigenvalue weighted by molar-refractivity contribution is -0.134. The highest BCUT2D eigenvalue weighted by Gasteiger charge is 2.25. The van der Waals surface area contributed by atoms with Crippen LogP contribution in [0.4, 0.5) is 18.9 Å². The van der Waals surface area contributed by atoms with Gasteiger partial charge in [0.15, 0.2) is 0 Å². The first-order valence-corrected chi connectivity index (χ1v) is 4.82. The highest BCUT2D eigenvalue weighted by Crippen LogP contribution is 2.21. The first kappa shape index (κ1) is 12.8. The summed E-state index contributed by atoms with van der Waals surface area (Å²) >= 11 is 5.59. The van der Waals surface area contributed by atoms with E-state index in [0.717, 1.165) is 0 Å². The van der Waals surface area contributed by atoms with Crippen molar-refractivity contribution in [3.8, 4) is 0 Å². The van der Waals surface area contributed by atoms with Crippen LogP contribution in [0.25, 0.3) is 0 Å². The first-order chi connectivity index (χ1) is 7.40. The minimum absolute atomic E-state index is 0.0738. The topological polar surface area (TPSA) is 57.8 Å². The van der Waals surface area contributed by atoms with Crippen LogP contribution in [-0.2, 0) is 0 Å². The predicted octanol–water partition coefficient (Wildman–Crippen LogP) is 2.18. The SMILES string of the molecule is O=c1[nH]ncc(NCCCC(F)(F)F)c1Cl. The second-order valence-corrected chi connectivity index (χ2v) is 3.45. The molecule has 8 heteroatoms. The van der Waals surface area contributed by atoms with Crippen LogP contribution >= 0.6 is 11.6 Å². The second-order valence-electron chi connectivity index (χ2n) is 3.07. The van der Waals surface area contributed by atoms with E-state index in [-0.39, 0.29) is 23.7 Å². The summed E-state index contributed by atoms with van der Waals surface area (Å²) in [6.07, 6.45) is -3.89. The van der Waals surface area contributed by atoms with Crippen molar-refractivity contribution >= 4 is 17.3 Å². The van der Waals surface area contributed by atoms with E-state index >= 15 is 0 Å². The second kappa shape index (κ2) is 5.20. The molecule has 0 bridgehead atoms. The van der Waals surface area contributed by atoms with Crippen molar-refractivity contribution in [1.82, 2.24) is 10.2 Å². The molecule has 2 N–H and O–H groups in total. The Hall–Kier alpha value is -1.24. The number of nitrogens with zero attached hydrogens (tertiary/aromatic N) is 1. The standard InChI is InChI=1S/C8H9ClF3N3O/c9-6-5(4-14-15-7(6)16)13-3-1-2-8(10,11)12/h4H,1-3H2,(H2,13,15,16). The van der Waals surface area contributed by atoms with Gasteiger partial charge in [0.05, 0.1) is 11.9 Å². The van der Waals surface area contributed by atoms with Gasteiger partial charge in [-0.1, -0.05) is 11.6 Å². The van der Waals surface area contributed by atoms with Gasteiger partial charge in [0.2, 0.25) is 0 Å². The summed E-state index contributed by atoms with van der Waals surface area (Å²) in [6.45, 7) is 0.0738. The molecule has 1 heterocycles. The largest absolute Gasteiger partial charge is 0.389 e. The molecule has 1 aromatic rings. The number of hydrogen-bond donors (Lipinski definition) is 2. The van der Waals surface area contributed by atoms with Crippen molar-refractivity contribution in [2.45, 2.75) is 19.0 Å². The van der Waals surface area contributed by atoms with Gasteiger partial charge in [-0.2, -0.15) is 18.3 Å². The number of halogens is 4. The predicted molar refractivity (Wildman–Crippen MR) is 53.6 cm³/mol. The summed E-state index contributed by atoms with van der Waals surface area (Å²) in [6, 6.07) is 0. The van der Waals surface area contributed by atoms with Crippen LogP contribution in [-0.4, -0.2) is 22.9 Å². The number of anilines is 1. The molecule has 0 saturated carbocycles. The van der Waals surface area contributed by atoms with Crippen LogP contribution in [0.2, 0.25) is 5.02 Å². The Bertz CT molecular complexity index is 404. The van der Waals surface area contributed by atoms with Gasteiger partial charge in [0.1, 0.15) is 5.02 Å². The van der Waals surface area contributed by atoms with Gasteiger partial charge in [0.25, 0.3) is 5.56 Å². The number of aromatic amines is 1. The molecule has 0 atom stereocenters. The fraction of sp³-hybridized carbons (Fsp3) is 0.500. The lowest BCUT2D eigenvalue weighted by atomic mass is 10.3. The number of alkyl halides is 3. The number of hydrogen-bond acceptors (Lipinski definition) is 3. The molecule has 0 amide bonds. The van der Waals surface area contributed by atoms with Gasteiger partial charge < -0.3 is 5.32 Å². The highest BCUT2D eigenvalue weighted by molar-refractivity contribution is 6.32. The van der Waals surface area contributed by atoms with E-state index < -0.39 is 18.2 Å². The molecule has 16 heavy (non-hydrogen) atoms. The van der Waals surface area contributed by atoms with E-state index in [0.29, 0.717) is 0 Å². The normalized spacial score (nSPS) is 11.5. The lowest BCUT2D eigenvalue weighted by Crippen LogP contribution is -2.14. The molecule has 0 radical (unpaired) electrons. The number of H-pyrrole nitrogens is 1. The Morgan fingerprint density at radius 2 is 2.19 bits per heavy atom. The quantitative estimate of drug-likeness (QED) is 0.811. The Morgan fingerprint density at radius 1 is 1.50 bits per heavy atom. The van der Waals surface area contributed by atoms with Crippen LogP contribution in [0.5, 0.6) is 0 Å². The number of rotatable bonds is 4. The van der Waals surface area contributed by atoms with E-state index in [1.54, 1.807) is 0 Å². The molecule has 0 fully saturated rings. The summed E-state index contributed by atoms with van der Waals surface area (Å²) in [5, 5.41) is 8.07. The summed E-state index contributed by atoms with van der Waals surface area (Å²) in [7, 11) is 0. The molecule has 1 rings (SSSR count). The van der Waals surface area contributed by atoms with Gasteiger partial charge in [-0.25, -0.2) is 5.10 Å². The van der Waals surface area contributed by atoms with Crippen molar-refractivity contribution in [3.05, 3.63) is 21.6 Å². The molecule has 0 saturated heterocycles. The van der Waals surface area contributed by atoms with E-state index in [4.69, 9.17) is 11.6 Å². The zero-order valence-corrected chi connectivity index (χ0v) is 8.82. The van der Waals surface area contributed by atoms with E-state index in [1.807, 2.05) is 0 Å². The number of aromatic nitrogens is 2. The highest BCUT2D eigenvalue weighted by atomic mass is 35.5. The van der Waals surface area contributed by atoms with Gasteiger partial charge in [-0.15, -0.1) is 0 Å². The minimum Gasteiger partial charge on any atom is -0.382 e. The van der Waals surface area contributed by atoms with Crippen LogP contribution < -0.4 is 10.9 Å². The first-order valence-electron chi connectivity index (χ1n) is 4.44. The zero-order chi connectivity index (χ0) is 12.2. The van der Waals surface area contributed by atoms with Crippen LogP contribution in [0.15, 0.2) is 11.0 Å². The average molecular weight is 256 g/mol. The van der Waals surface area contributed by atoms with Gasteiger partial charge >= 0.3 is 6.18 Å². The van der Waals surface area contributed by atoms with E-state index in [2.05, 4.69) is 15.5 Å². The van der Waals surface area contributed by atoms with E-state index in [1.165, 1.54) is 6.20 Å². The molecule has 0 aromatic carbocycles. The monoisotopic (exact) mass is 255 g/mol. The van der Waals surface area contributed by atoms with Gasteiger partial charge in [-0.3, -0.25) is 4.79 Å². The summed E-state index contributed by atoms with van der Waals surface area (Å²) in [5.74, 6) is 0. The Balaban J connectivity index is 2.44. The Kier molecular flexibility index (Phi) is 4.17. The maximum atomic E-state index is 11.8. The minimum atomic E-state index is -4.17. The molecule has 4 nitrogen and oxygen atoms in total. The molecule has 0 aliphatic heterocycles. The summed E-state index contributed by atoms with van der Waals surface area (Å²) in [5.41, 5.74) is -0.352.